The Balaban J connectivity index is 2.19. The monoisotopic (exact) mass is 281 g/mol. The van der Waals surface area contributed by atoms with E-state index < -0.39 is 0 Å². The van der Waals surface area contributed by atoms with Gasteiger partial charge in [-0.3, -0.25) is 4.90 Å². The van der Waals surface area contributed by atoms with Crippen molar-refractivity contribution >= 4 is 0 Å². The average molecular weight is 281 g/mol. The van der Waals surface area contributed by atoms with Crippen LogP contribution in [-0.2, 0) is 0 Å². The van der Waals surface area contributed by atoms with Crippen LogP contribution in [0.3, 0.4) is 0 Å². The number of likely N-dealkylation sites (N-methyl/N-ethyl adjacent to an activating group) is 1. The molecule has 3 atom stereocenters. The minimum absolute atomic E-state index is 0.0962. The van der Waals surface area contributed by atoms with E-state index in [1.165, 1.54) is 57.8 Å². The van der Waals surface area contributed by atoms with Gasteiger partial charge in [-0.2, -0.15) is 0 Å². The summed E-state index contributed by atoms with van der Waals surface area (Å²) in [6.45, 7) is 8.99. The van der Waals surface area contributed by atoms with E-state index in [0.29, 0.717) is 5.92 Å². The van der Waals surface area contributed by atoms with E-state index in [9.17, 15) is 5.11 Å². The van der Waals surface area contributed by atoms with E-state index >= 15 is 0 Å². The van der Waals surface area contributed by atoms with Crippen molar-refractivity contribution in [1.82, 2.24) is 4.90 Å². The van der Waals surface area contributed by atoms with Crippen molar-refractivity contribution < 1.29 is 5.11 Å². The van der Waals surface area contributed by atoms with E-state index in [-0.39, 0.29) is 11.6 Å². The Hall–Kier alpha value is -0.0800. The molecule has 0 aromatic heterocycles. The molecule has 3 unspecified atom stereocenters. The lowest BCUT2D eigenvalue weighted by molar-refractivity contribution is -0.0784. The predicted octanol–water partition coefficient (Wildman–Crippen LogP) is 4.22. The molecule has 0 radical (unpaired) electrons. The molecule has 2 saturated carbocycles. The molecule has 0 spiro atoms. The number of hydrogen-bond acceptors (Lipinski definition) is 2. The zero-order chi connectivity index (χ0) is 14.6. The zero-order valence-corrected chi connectivity index (χ0v) is 13.9. The van der Waals surface area contributed by atoms with E-state index in [1.807, 2.05) is 0 Å². The molecule has 0 aliphatic heterocycles. The lowest BCUT2D eigenvalue weighted by Crippen LogP contribution is -2.58. The molecule has 2 aliphatic carbocycles. The van der Waals surface area contributed by atoms with Gasteiger partial charge in [0.1, 0.15) is 0 Å². The first-order valence-electron chi connectivity index (χ1n) is 9.12. The molecule has 2 aliphatic rings. The van der Waals surface area contributed by atoms with Crippen LogP contribution in [0.15, 0.2) is 0 Å². The van der Waals surface area contributed by atoms with Crippen LogP contribution in [0.25, 0.3) is 0 Å². The van der Waals surface area contributed by atoms with Gasteiger partial charge in [0.15, 0.2) is 0 Å². The number of hydrogen-bond donors (Lipinski definition) is 1. The van der Waals surface area contributed by atoms with Gasteiger partial charge < -0.3 is 5.11 Å². The van der Waals surface area contributed by atoms with E-state index in [0.717, 1.165) is 19.0 Å². The zero-order valence-electron chi connectivity index (χ0n) is 13.9. The lowest BCUT2D eigenvalue weighted by atomic mass is 9.69. The molecular formula is C18H35NO. The van der Waals surface area contributed by atoms with E-state index in [1.54, 1.807) is 0 Å². The molecule has 0 aromatic carbocycles. The molecule has 0 bridgehead atoms. The van der Waals surface area contributed by atoms with Gasteiger partial charge in [-0.15, -0.1) is 0 Å². The van der Waals surface area contributed by atoms with Crippen LogP contribution in [0, 0.1) is 11.8 Å². The molecule has 0 amide bonds. The molecule has 1 N–H and O–H groups in total. The van der Waals surface area contributed by atoms with Crippen LogP contribution >= 0.6 is 0 Å². The number of nitrogens with zero attached hydrogens (tertiary/aromatic N) is 1. The fourth-order valence-electron chi connectivity index (χ4n) is 5.20. The van der Waals surface area contributed by atoms with Gasteiger partial charge in [0, 0.05) is 5.54 Å². The Bertz CT molecular complexity index is 281. The molecule has 2 rings (SSSR count). The maximum absolute atomic E-state index is 11.3. The van der Waals surface area contributed by atoms with Crippen LogP contribution in [0.1, 0.15) is 78.6 Å². The molecule has 2 fully saturated rings. The van der Waals surface area contributed by atoms with Gasteiger partial charge in [-0.1, -0.05) is 59.3 Å². The Morgan fingerprint density at radius 2 is 1.60 bits per heavy atom. The van der Waals surface area contributed by atoms with Crippen LogP contribution < -0.4 is 0 Å². The van der Waals surface area contributed by atoms with Crippen molar-refractivity contribution in [2.45, 2.75) is 90.2 Å². The third-order valence-electron chi connectivity index (χ3n) is 6.31. The normalized spacial score (nSPS) is 31.6. The topological polar surface area (TPSA) is 23.5 Å². The smallest absolute Gasteiger partial charge is 0.0754 e. The summed E-state index contributed by atoms with van der Waals surface area (Å²) in [5.74, 6) is 1.30. The number of rotatable bonds is 6. The average Bonchev–Trinajstić information content (AvgIpc) is 2.98. The Morgan fingerprint density at radius 1 is 1.00 bits per heavy atom. The lowest BCUT2D eigenvalue weighted by Gasteiger charge is -2.49. The molecule has 118 valence electrons. The fourth-order valence-corrected chi connectivity index (χ4v) is 5.20. The quantitative estimate of drug-likeness (QED) is 0.788. The highest BCUT2D eigenvalue weighted by Crippen LogP contribution is 2.45. The fraction of sp³-hybridized carbons (Fsp3) is 1.00. The number of aliphatic hydroxyl groups excluding tert-OH is 1. The van der Waals surface area contributed by atoms with Gasteiger partial charge in [0.25, 0.3) is 0 Å². The number of aliphatic hydroxyl groups is 1. The molecule has 0 heterocycles. The summed E-state index contributed by atoms with van der Waals surface area (Å²) in [5, 5.41) is 11.3. The van der Waals surface area contributed by atoms with Crippen LogP contribution in [0.2, 0.25) is 0 Å². The summed E-state index contributed by atoms with van der Waals surface area (Å²) in [6.07, 6.45) is 11.5. The van der Waals surface area contributed by atoms with Gasteiger partial charge >= 0.3 is 0 Å². The summed E-state index contributed by atoms with van der Waals surface area (Å²) < 4.78 is 0. The van der Waals surface area contributed by atoms with Crippen molar-refractivity contribution in [1.29, 1.82) is 0 Å². The maximum Gasteiger partial charge on any atom is 0.0754 e. The van der Waals surface area contributed by atoms with E-state index in [4.69, 9.17) is 0 Å². The van der Waals surface area contributed by atoms with Crippen molar-refractivity contribution in [2.75, 3.05) is 13.1 Å². The van der Waals surface area contributed by atoms with E-state index in [2.05, 4.69) is 25.7 Å². The third-order valence-corrected chi connectivity index (χ3v) is 6.31. The first-order valence-corrected chi connectivity index (χ1v) is 9.12. The van der Waals surface area contributed by atoms with Crippen molar-refractivity contribution in [2.24, 2.45) is 11.8 Å². The molecule has 0 saturated heterocycles. The second-order valence-corrected chi connectivity index (χ2v) is 7.04. The van der Waals surface area contributed by atoms with Crippen LogP contribution in [-0.4, -0.2) is 34.7 Å². The minimum Gasteiger partial charge on any atom is -0.391 e. The Kier molecular flexibility index (Phi) is 5.92. The molecular weight excluding hydrogens is 246 g/mol. The molecule has 2 heteroatoms. The summed E-state index contributed by atoms with van der Waals surface area (Å²) in [7, 11) is 0. The summed E-state index contributed by atoms with van der Waals surface area (Å²) in [4.78, 5) is 2.58. The largest absolute Gasteiger partial charge is 0.391 e. The van der Waals surface area contributed by atoms with Gasteiger partial charge in [0.2, 0.25) is 0 Å². The van der Waals surface area contributed by atoms with Crippen LogP contribution in [0.4, 0.5) is 0 Å². The van der Waals surface area contributed by atoms with Crippen LogP contribution in [0.5, 0.6) is 0 Å². The minimum atomic E-state index is -0.102. The molecule has 2 nitrogen and oxygen atoms in total. The highest BCUT2D eigenvalue weighted by Gasteiger charge is 2.48. The van der Waals surface area contributed by atoms with Crippen molar-refractivity contribution in [3.05, 3.63) is 0 Å². The SMILES string of the molecule is CCC1CCCCC1C(O)C1(N(CC)CC)CCCC1. The first kappa shape index (κ1) is 16.3. The predicted molar refractivity (Wildman–Crippen MR) is 85.9 cm³/mol. The van der Waals surface area contributed by atoms with Gasteiger partial charge in [-0.25, -0.2) is 0 Å². The molecule has 20 heavy (non-hydrogen) atoms. The highest BCUT2D eigenvalue weighted by atomic mass is 16.3. The maximum atomic E-state index is 11.3. The van der Waals surface area contributed by atoms with Gasteiger partial charge in [0.05, 0.1) is 6.10 Å². The molecule has 0 aromatic rings. The second-order valence-electron chi connectivity index (χ2n) is 7.04. The Labute approximate surface area is 125 Å². The summed E-state index contributed by atoms with van der Waals surface area (Å²) in [5.41, 5.74) is 0.0962. The highest BCUT2D eigenvalue weighted by molar-refractivity contribution is 5.03. The Morgan fingerprint density at radius 3 is 2.15 bits per heavy atom. The summed E-state index contributed by atoms with van der Waals surface area (Å²) in [6, 6.07) is 0. The first-order chi connectivity index (χ1) is 9.69. The standard InChI is InChI=1S/C18H35NO/c1-4-15-11-7-8-12-16(15)17(20)18(13-9-10-14-18)19(5-2)6-3/h15-17,20H,4-14H2,1-3H3. The second kappa shape index (κ2) is 7.26. The van der Waals surface area contributed by atoms with Crippen molar-refractivity contribution in [3.63, 3.8) is 0 Å². The summed E-state index contributed by atoms with van der Waals surface area (Å²) >= 11 is 0. The van der Waals surface area contributed by atoms with Gasteiger partial charge in [-0.05, 0) is 44.2 Å². The third kappa shape index (κ3) is 2.92. The van der Waals surface area contributed by atoms with Crippen molar-refractivity contribution in [3.8, 4) is 0 Å².